The van der Waals surface area contributed by atoms with Crippen LogP contribution in [-0.4, -0.2) is 33.1 Å². The van der Waals surface area contributed by atoms with Gasteiger partial charge in [-0.3, -0.25) is 4.98 Å². The van der Waals surface area contributed by atoms with E-state index in [1.165, 1.54) is 13.3 Å². The molecule has 2 rings (SSSR count). The summed E-state index contributed by atoms with van der Waals surface area (Å²) in [4.78, 5) is 23.2. The number of hydrogen-bond donors (Lipinski definition) is 2. The van der Waals surface area contributed by atoms with E-state index >= 15 is 0 Å². The molecule has 2 aromatic rings. The first-order chi connectivity index (χ1) is 9.70. The van der Waals surface area contributed by atoms with Crippen molar-refractivity contribution in [3.8, 4) is 0 Å². The van der Waals surface area contributed by atoms with Crippen molar-refractivity contribution in [3.63, 3.8) is 0 Å². The van der Waals surface area contributed by atoms with Crippen LogP contribution in [0.5, 0.6) is 0 Å². The van der Waals surface area contributed by atoms with E-state index in [-0.39, 0.29) is 12.2 Å². The SMILES string of the molecule is COCc1nc(NCc2cccnc2)ncc1C(=O)O. The molecule has 0 saturated carbocycles. The molecule has 0 aliphatic heterocycles. The Morgan fingerprint density at radius 2 is 2.30 bits per heavy atom. The predicted octanol–water partition coefficient (Wildman–Crippen LogP) is 1.33. The van der Waals surface area contributed by atoms with Crippen LogP contribution in [0.2, 0.25) is 0 Å². The van der Waals surface area contributed by atoms with E-state index in [0.717, 1.165) is 5.56 Å². The van der Waals surface area contributed by atoms with Gasteiger partial charge < -0.3 is 15.2 Å². The number of anilines is 1. The van der Waals surface area contributed by atoms with Gasteiger partial charge in [-0.05, 0) is 11.6 Å². The number of nitrogens with one attached hydrogen (secondary N) is 1. The van der Waals surface area contributed by atoms with E-state index in [0.29, 0.717) is 18.2 Å². The van der Waals surface area contributed by atoms with Gasteiger partial charge in [0, 0.05) is 32.2 Å². The zero-order valence-corrected chi connectivity index (χ0v) is 10.9. The fraction of sp³-hybridized carbons (Fsp3) is 0.231. The second-order valence-electron chi connectivity index (χ2n) is 4.01. The number of aromatic nitrogens is 3. The third-order valence-electron chi connectivity index (χ3n) is 2.55. The van der Waals surface area contributed by atoms with E-state index < -0.39 is 5.97 Å². The summed E-state index contributed by atoms with van der Waals surface area (Å²) < 4.78 is 4.95. The summed E-state index contributed by atoms with van der Waals surface area (Å²) in [6.07, 6.45) is 4.70. The molecule has 0 unspecified atom stereocenters. The van der Waals surface area contributed by atoms with E-state index in [9.17, 15) is 4.79 Å². The highest BCUT2D eigenvalue weighted by atomic mass is 16.5. The average Bonchev–Trinajstić information content (AvgIpc) is 2.46. The Hall–Kier alpha value is -2.54. The molecule has 0 aliphatic rings. The maximum atomic E-state index is 11.0. The van der Waals surface area contributed by atoms with Gasteiger partial charge in [0.05, 0.1) is 12.3 Å². The van der Waals surface area contributed by atoms with Gasteiger partial charge in [-0.1, -0.05) is 6.07 Å². The van der Waals surface area contributed by atoms with Crippen LogP contribution >= 0.6 is 0 Å². The van der Waals surface area contributed by atoms with Crippen molar-refractivity contribution in [2.24, 2.45) is 0 Å². The van der Waals surface area contributed by atoms with Crippen molar-refractivity contribution in [3.05, 3.63) is 47.5 Å². The van der Waals surface area contributed by atoms with Gasteiger partial charge >= 0.3 is 5.97 Å². The average molecular weight is 274 g/mol. The molecular weight excluding hydrogens is 260 g/mol. The predicted molar refractivity (Wildman–Crippen MR) is 71.3 cm³/mol. The molecule has 104 valence electrons. The molecule has 0 atom stereocenters. The first-order valence-corrected chi connectivity index (χ1v) is 5.91. The van der Waals surface area contributed by atoms with Gasteiger partial charge in [-0.15, -0.1) is 0 Å². The zero-order chi connectivity index (χ0) is 14.4. The summed E-state index contributed by atoms with van der Waals surface area (Å²) in [7, 11) is 1.48. The van der Waals surface area contributed by atoms with E-state index in [2.05, 4.69) is 20.3 Å². The Balaban J connectivity index is 2.12. The Morgan fingerprint density at radius 1 is 1.45 bits per heavy atom. The smallest absolute Gasteiger partial charge is 0.339 e. The van der Waals surface area contributed by atoms with Crippen LogP contribution in [-0.2, 0) is 17.9 Å². The largest absolute Gasteiger partial charge is 0.478 e. The second kappa shape index (κ2) is 6.58. The molecule has 0 spiro atoms. The molecule has 20 heavy (non-hydrogen) atoms. The summed E-state index contributed by atoms with van der Waals surface area (Å²) in [5, 5.41) is 12.0. The topological polar surface area (TPSA) is 97.2 Å². The first-order valence-electron chi connectivity index (χ1n) is 5.91. The quantitative estimate of drug-likeness (QED) is 0.820. The molecule has 2 N–H and O–H groups in total. The van der Waals surface area contributed by atoms with Crippen molar-refractivity contribution in [2.75, 3.05) is 12.4 Å². The summed E-state index contributed by atoms with van der Waals surface area (Å²) in [5.74, 6) is -0.721. The number of aromatic carboxylic acids is 1. The molecule has 0 fully saturated rings. The van der Waals surface area contributed by atoms with Crippen LogP contribution in [0.25, 0.3) is 0 Å². The highest BCUT2D eigenvalue weighted by molar-refractivity contribution is 5.88. The standard InChI is InChI=1S/C13H14N4O3/c1-20-8-11-10(12(18)19)7-16-13(17-11)15-6-9-3-2-4-14-5-9/h2-5,7H,6,8H2,1H3,(H,18,19)(H,15,16,17). The van der Waals surface area contributed by atoms with E-state index in [1.807, 2.05) is 12.1 Å². The number of pyridine rings is 1. The molecule has 0 aromatic carbocycles. The lowest BCUT2D eigenvalue weighted by Crippen LogP contribution is -2.11. The molecule has 0 radical (unpaired) electrons. The fourth-order valence-corrected chi connectivity index (χ4v) is 1.61. The van der Waals surface area contributed by atoms with E-state index in [4.69, 9.17) is 9.84 Å². The van der Waals surface area contributed by atoms with Crippen LogP contribution in [0.4, 0.5) is 5.95 Å². The van der Waals surface area contributed by atoms with Crippen LogP contribution in [0, 0.1) is 0 Å². The second-order valence-corrected chi connectivity index (χ2v) is 4.01. The number of carbonyl (C=O) groups is 1. The fourth-order valence-electron chi connectivity index (χ4n) is 1.61. The van der Waals surface area contributed by atoms with Crippen LogP contribution in [0.1, 0.15) is 21.6 Å². The maximum absolute atomic E-state index is 11.0. The van der Waals surface area contributed by atoms with Gasteiger partial charge in [0.1, 0.15) is 5.56 Å². The first kappa shape index (κ1) is 13.9. The molecule has 0 amide bonds. The van der Waals surface area contributed by atoms with Gasteiger partial charge in [0.15, 0.2) is 0 Å². The molecule has 2 heterocycles. The number of ether oxygens (including phenoxy) is 1. The number of hydrogen-bond acceptors (Lipinski definition) is 6. The number of carboxylic acids is 1. The minimum absolute atomic E-state index is 0.0405. The lowest BCUT2D eigenvalue weighted by atomic mass is 10.2. The van der Waals surface area contributed by atoms with Crippen molar-refractivity contribution >= 4 is 11.9 Å². The monoisotopic (exact) mass is 274 g/mol. The van der Waals surface area contributed by atoms with Crippen LogP contribution in [0.3, 0.4) is 0 Å². The lowest BCUT2D eigenvalue weighted by molar-refractivity contribution is 0.0690. The normalized spacial score (nSPS) is 10.2. The Labute approximate surface area is 115 Å². The van der Waals surface area contributed by atoms with Gasteiger partial charge in [-0.25, -0.2) is 14.8 Å². The van der Waals surface area contributed by atoms with Crippen molar-refractivity contribution < 1.29 is 14.6 Å². The number of rotatable bonds is 6. The number of carboxylic acid groups (broad SMARTS) is 1. The summed E-state index contributed by atoms with van der Waals surface area (Å²) in [6, 6.07) is 3.75. The van der Waals surface area contributed by atoms with Crippen molar-refractivity contribution in [1.29, 1.82) is 0 Å². The molecule has 0 saturated heterocycles. The molecule has 0 aliphatic carbocycles. The summed E-state index contributed by atoms with van der Waals surface area (Å²) in [6.45, 7) is 0.623. The summed E-state index contributed by atoms with van der Waals surface area (Å²) >= 11 is 0. The Kier molecular flexibility index (Phi) is 4.56. The van der Waals surface area contributed by atoms with Gasteiger partial charge in [-0.2, -0.15) is 0 Å². The third kappa shape index (κ3) is 3.48. The number of nitrogens with zero attached hydrogens (tertiary/aromatic N) is 3. The van der Waals surface area contributed by atoms with E-state index in [1.54, 1.807) is 12.4 Å². The van der Waals surface area contributed by atoms with Gasteiger partial charge in [0.25, 0.3) is 0 Å². The Morgan fingerprint density at radius 3 is 2.95 bits per heavy atom. The minimum atomic E-state index is -1.07. The maximum Gasteiger partial charge on any atom is 0.339 e. The van der Waals surface area contributed by atoms with Crippen molar-refractivity contribution in [2.45, 2.75) is 13.2 Å². The summed E-state index contributed by atoms with van der Waals surface area (Å²) in [5.41, 5.74) is 1.36. The highest BCUT2D eigenvalue weighted by Gasteiger charge is 2.13. The molecule has 7 heteroatoms. The highest BCUT2D eigenvalue weighted by Crippen LogP contribution is 2.10. The lowest BCUT2D eigenvalue weighted by Gasteiger charge is -2.08. The van der Waals surface area contributed by atoms with Gasteiger partial charge in [0.2, 0.25) is 5.95 Å². The molecule has 0 bridgehead atoms. The number of methoxy groups -OCH3 is 1. The third-order valence-corrected chi connectivity index (χ3v) is 2.55. The molecular formula is C13H14N4O3. The van der Waals surface area contributed by atoms with Crippen molar-refractivity contribution in [1.82, 2.24) is 15.0 Å². The Bertz CT molecular complexity index is 589. The van der Waals surface area contributed by atoms with Crippen LogP contribution in [0.15, 0.2) is 30.7 Å². The zero-order valence-electron chi connectivity index (χ0n) is 10.9. The molecule has 2 aromatic heterocycles. The minimum Gasteiger partial charge on any atom is -0.478 e. The molecule has 7 nitrogen and oxygen atoms in total. The van der Waals surface area contributed by atoms with Crippen LogP contribution < -0.4 is 5.32 Å².